The van der Waals surface area contributed by atoms with Gasteiger partial charge in [0, 0.05) is 7.05 Å². The van der Waals surface area contributed by atoms with Gasteiger partial charge in [-0.15, -0.1) is 34.2 Å². The Morgan fingerprint density at radius 3 is 2.44 bits per heavy atom. The molecule has 1 atom stereocenters. The summed E-state index contributed by atoms with van der Waals surface area (Å²) in [6, 6.07) is 23.0. The molecule has 0 fully saturated rings. The maximum atomic E-state index is 5.25. The number of fused-ring (bicyclic) bond motifs is 1. The molecule has 0 saturated carbocycles. The van der Waals surface area contributed by atoms with Gasteiger partial charge in [-0.1, -0.05) is 48.5 Å². The zero-order chi connectivity index (χ0) is 23.2. The smallest absolute Gasteiger partial charge is 0.192 e. The van der Waals surface area contributed by atoms with Crippen molar-refractivity contribution >= 4 is 40.7 Å². The molecule has 0 amide bonds. The van der Waals surface area contributed by atoms with Crippen LogP contribution in [0.5, 0.6) is 5.75 Å². The van der Waals surface area contributed by atoms with E-state index in [4.69, 9.17) is 9.73 Å². The Hall–Kier alpha value is -3.14. The van der Waals surface area contributed by atoms with Crippen LogP contribution in [-0.4, -0.2) is 27.8 Å². The normalized spacial score (nSPS) is 12.2. The molecule has 0 bridgehead atoms. The molecular weight excluding hydrogens is 539 g/mol. The fourth-order valence-electron chi connectivity index (χ4n) is 3.59. The van der Waals surface area contributed by atoms with Gasteiger partial charge in [0.1, 0.15) is 11.6 Å². The Kier molecular flexibility index (Phi) is 8.86. The molecule has 4 rings (SSSR count). The topological polar surface area (TPSA) is 76.4 Å². The molecule has 1 heterocycles. The molecule has 7 nitrogen and oxygen atoms in total. The summed E-state index contributed by atoms with van der Waals surface area (Å²) in [7, 11) is 3.63. The zero-order valence-corrected chi connectivity index (χ0v) is 22.3. The van der Waals surface area contributed by atoms with Crippen molar-refractivity contribution in [2.24, 2.45) is 12.0 Å². The lowest BCUT2D eigenvalue weighted by Gasteiger charge is -2.19. The van der Waals surface area contributed by atoms with Gasteiger partial charge in [-0.3, -0.25) is 0 Å². The third-order valence-electron chi connectivity index (χ3n) is 5.80. The number of methoxy groups -OCH3 is 1. The second-order valence-corrected chi connectivity index (χ2v) is 8.06. The van der Waals surface area contributed by atoms with Crippen molar-refractivity contribution in [3.63, 3.8) is 0 Å². The monoisotopic (exact) mass is 570 g/mol. The summed E-state index contributed by atoms with van der Waals surface area (Å²) in [6.07, 6.45) is 0. The Labute approximate surface area is 217 Å². The predicted molar refractivity (Wildman–Crippen MR) is 148 cm³/mol. The zero-order valence-electron chi connectivity index (χ0n) is 19.9. The van der Waals surface area contributed by atoms with Crippen LogP contribution in [0.2, 0.25) is 0 Å². The molecule has 3 aromatic carbocycles. The first kappa shape index (κ1) is 25.5. The minimum Gasteiger partial charge on any atom is -0.497 e. The van der Waals surface area contributed by atoms with Crippen LogP contribution in [-0.2, 0) is 20.1 Å². The van der Waals surface area contributed by atoms with Crippen molar-refractivity contribution in [1.29, 1.82) is 0 Å². The second kappa shape index (κ2) is 11.8. The number of aromatic nitrogens is 3. The highest BCUT2D eigenvalue weighted by atomic mass is 127. The molecule has 0 aliphatic carbocycles. The maximum absolute atomic E-state index is 5.25. The van der Waals surface area contributed by atoms with Gasteiger partial charge in [-0.25, -0.2) is 4.99 Å². The number of nitrogens with zero attached hydrogens (tertiary/aromatic N) is 4. The number of benzene rings is 3. The standard InChI is InChI=1S/C26H30N6O.HI/c1-18(22-12-11-21-7-5-6-8-23(21)15-22)29-26(28-17-25-31-30-19(2)32(25)3)27-16-20-9-13-24(33-4)14-10-20;/h5-15,18H,16-17H2,1-4H3,(H2,27,28,29);1H. The molecule has 178 valence electrons. The van der Waals surface area contributed by atoms with E-state index in [1.807, 2.05) is 42.8 Å². The van der Waals surface area contributed by atoms with E-state index >= 15 is 0 Å². The predicted octanol–water partition coefficient (Wildman–Crippen LogP) is 4.90. The maximum Gasteiger partial charge on any atom is 0.192 e. The number of rotatable bonds is 7. The third kappa shape index (κ3) is 6.25. The van der Waals surface area contributed by atoms with E-state index in [0.717, 1.165) is 23.0 Å². The van der Waals surface area contributed by atoms with E-state index in [1.165, 1.54) is 16.3 Å². The van der Waals surface area contributed by atoms with Crippen molar-refractivity contribution in [3.05, 3.63) is 89.5 Å². The molecule has 2 N–H and O–H groups in total. The summed E-state index contributed by atoms with van der Waals surface area (Å²) in [5, 5.41) is 17.8. The first-order valence-corrected chi connectivity index (χ1v) is 11.0. The fraction of sp³-hybridized carbons (Fsp3) is 0.269. The van der Waals surface area contributed by atoms with Gasteiger partial charge >= 0.3 is 0 Å². The lowest BCUT2D eigenvalue weighted by molar-refractivity contribution is 0.414. The molecule has 8 heteroatoms. The van der Waals surface area contributed by atoms with Crippen LogP contribution in [0.4, 0.5) is 0 Å². The Bertz CT molecular complexity index is 1250. The molecule has 1 aromatic heterocycles. The van der Waals surface area contributed by atoms with Crippen molar-refractivity contribution in [2.75, 3.05) is 7.11 Å². The quantitative estimate of drug-likeness (QED) is 0.188. The summed E-state index contributed by atoms with van der Waals surface area (Å²) >= 11 is 0. The van der Waals surface area contributed by atoms with Gasteiger partial charge < -0.3 is 19.9 Å². The van der Waals surface area contributed by atoms with Gasteiger partial charge in [0.05, 0.1) is 26.2 Å². The Morgan fingerprint density at radius 2 is 1.76 bits per heavy atom. The Morgan fingerprint density at radius 1 is 1.03 bits per heavy atom. The van der Waals surface area contributed by atoms with Gasteiger partial charge in [0.25, 0.3) is 0 Å². The highest BCUT2D eigenvalue weighted by molar-refractivity contribution is 14.0. The van der Waals surface area contributed by atoms with Crippen molar-refractivity contribution < 1.29 is 4.74 Å². The van der Waals surface area contributed by atoms with Crippen LogP contribution < -0.4 is 15.4 Å². The van der Waals surface area contributed by atoms with Gasteiger partial charge in [0.2, 0.25) is 0 Å². The number of ether oxygens (including phenoxy) is 1. The van der Waals surface area contributed by atoms with Crippen LogP contribution in [0, 0.1) is 6.92 Å². The first-order chi connectivity index (χ1) is 16.0. The van der Waals surface area contributed by atoms with Crippen LogP contribution in [0.3, 0.4) is 0 Å². The van der Waals surface area contributed by atoms with Gasteiger partial charge in [-0.05, 0) is 53.9 Å². The summed E-state index contributed by atoms with van der Waals surface area (Å²) in [6.45, 7) is 5.15. The average molecular weight is 570 g/mol. The number of aryl methyl sites for hydroxylation is 1. The van der Waals surface area contributed by atoms with E-state index in [2.05, 4.69) is 70.2 Å². The van der Waals surface area contributed by atoms with Crippen LogP contribution in [0.1, 0.15) is 35.7 Å². The summed E-state index contributed by atoms with van der Waals surface area (Å²) in [5.41, 5.74) is 2.30. The van der Waals surface area contributed by atoms with Crippen molar-refractivity contribution in [3.8, 4) is 5.75 Å². The molecule has 0 radical (unpaired) electrons. The number of guanidine groups is 1. The molecule has 0 aliphatic heterocycles. The van der Waals surface area contributed by atoms with Gasteiger partial charge in [0.15, 0.2) is 11.8 Å². The van der Waals surface area contributed by atoms with Crippen LogP contribution in [0.15, 0.2) is 71.7 Å². The molecule has 0 spiro atoms. The number of hydrogen-bond acceptors (Lipinski definition) is 4. The van der Waals surface area contributed by atoms with E-state index < -0.39 is 0 Å². The number of halogens is 1. The van der Waals surface area contributed by atoms with E-state index in [-0.39, 0.29) is 30.0 Å². The minimum atomic E-state index is 0. The molecule has 4 aromatic rings. The van der Waals surface area contributed by atoms with Gasteiger partial charge in [-0.2, -0.15) is 0 Å². The van der Waals surface area contributed by atoms with Crippen LogP contribution in [0.25, 0.3) is 10.8 Å². The first-order valence-electron chi connectivity index (χ1n) is 11.0. The summed E-state index contributed by atoms with van der Waals surface area (Å²) in [4.78, 5) is 4.82. The Balaban J connectivity index is 0.00000324. The largest absolute Gasteiger partial charge is 0.497 e. The number of hydrogen-bond donors (Lipinski definition) is 2. The highest BCUT2D eigenvalue weighted by Gasteiger charge is 2.11. The summed E-state index contributed by atoms with van der Waals surface area (Å²) in [5.74, 6) is 3.28. The van der Waals surface area contributed by atoms with Crippen molar-refractivity contribution in [2.45, 2.75) is 33.0 Å². The van der Waals surface area contributed by atoms with Crippen molar-refractivity contribution in [1.82, 2.24) is 25.4 Å². The SMILES string of the molecule is COc1ccc(CN=C(NCc2nnc(C)n2C)NC(C)c2ccc3ccccc3c2)cc1.I. The third-order valence-corrected chi connectivity index (χ3v) is 5.80. The van der Waals surface area contributed by atoms with E-state index in [9.17, 15) is 0 Å². The molecule has 34 heavy (non-hydrogen) atoms. The molecule has 0 aliphatic rings. The molecule has 1 unspecified atom stereocenters. The number of nitrogens with one attached hydrogen (secondary N) is 2. The fourth-order valence-corrected chi connectivity index (χ4v) is 3.59. The number of aliphatic imine (C=N–C) groups is 1. The average Bonchev–Trinajstić information content (AvgIpc) is 3.17. The lowest BCUT2D eigenvalue weighted by Crippen LogP contribution is -2.39. The van der Waals surface area contributed by atoms with E-state index in [0.29, 0.717) is 19.0 Å². The summed E-state index contributed by atoms with van der Waals surface area (Å²) < 4.78 is 7.23. The minimum absolute atomic E-state index is 0. The molecular formula is C26H31IN6O. The molecule has 0 saturated heterocycles. The highest BCUT2D eigenvalue weighted by Crippen LogP contribution is 2.20. The second-order valence-electron chi connectivity index (χ2n) is 8.06. The van der Waals surface area contributed by atoms with E-state index in [1.54, 1.807) is 7.11 Å². The lowest BCUT2D eigenvalue weighted by atomic mass is 10.0. The van der Waals surface area contributed by atoms with Crippen LogP contribution >= 0.6 is 24.0 Å².